The Morgan fingerprint density at radius 2 is 1.07 bits per heavy atom. The molecule has 0 amide bonds. The van der Waals surface area contributed by atoms with Crippen LogP contribution in [0.5, 0.6) is 23.0 Å². The van der Waals surface area contributed by atoms with Crippen molar-refractivity contribution in [3.63, 3.8) is 0 Å². The van der Waals surface area contributed by atoms with Gasteiger partial charge in [0.2, 0.25) is 5.24 Å². The van der Waals surface area contributed by atoms with E-state index in [1.54, 1.807) is 64.4 Å². The molecule has 0 spiro atoms. The summed E-state index contributed by atoms with van der Waals surface area (Å²) in [4.78, 5) is 61.8. The summed E-state index contributed by atoms with van der Waals surface area (Å²) in [6, 6.07) is 14.7. The Bertz CT molecular complexity index is 2540. The highest BCUT2D eigenvalue weighted by atomic mass is 35.5. The molecular formula is C44H49ClN4O8. The van der Waals surface area contributed by atoms with Crippen LogP contribution in [0.4, 0.5) is 0 Å². The number of rotatable bonds is 9. The lowest BCUT2D eigenvalue weighted by Gasteiger charge is -2.19. The van der Waals surface area contributed by atoms with E-state index in [2.05, 4.69) is 19.9 Å². The van der Waals surface area contributed by atoms with Crippen molar-refractivity contribution in [1.29, 1.82) is 0 Å². The number of nitrogens with zero attached hydrogens (tertiary/aromatic N) is 2. The van der Waals surface area contributed by atoms with Crippen LogP contribution in [0.2, 0.25) is 0 Å². The molecule has 300 valence electrons. The van der Waals surface area contributed by atoms with Gasteiger partial charge in [0.1, 0.15) is 28.5 Å². The maximum atomic E-state index is 13.1. The number of hydrogen-bond donors (Lipinski definition) is 3. The van der Waals surface area contributed by atoms with Gasteiger partial charge in [0.25, 0.3) is 11.1 Å². The smallest absolute Gasteiger partial charge is 0.313 e. The number of carbonyl (C=O) groups is 2. The van der Waals surface area contributed by atoms with Gasteiger partial charge in [0.15, 0.2) is 5.75 Å². The van der Waals surface area contributed by atoms with Crippen LogP contribution in [0.15, 0.2) is 70.5 Å². The fraction of sp³-hybridized carbons (Fsp3) is 0.318. The summed E-state index contributed by atoms with van der Waals surface area (Å²) < 4.78 is 17.3. The fourth-order valence-electron chi connectivity index (χ4n) is 5.84. The van der Waals surface area contributed by atoms with Crippen LogP contribution in [0.1, 0.15) is 63.8 Å². The molecule has 12 nitrogen and oxygen atoms in total. The van der Waals surface area contributed by atoms with E-state index in [1.165, 1.54) is 0 Å². The maximum absolute atomic E-state index is 13.1. The van der Waals surface area contributed by atoms with E-state index < -0.39 is 5.97 Å². The zero-order valence-corrected chi connectivity index (χ0v) is 34.7. The van der Waals surface area contributed by atoms with Crippen LogP contribution in [0, 0.1) is 39.5 Å². The Hall–Kier alpha value is -6.01. The molecule has 6 aromatic rings. The predicted octanol–water partition coefficient (Wildman–Crippen LogP) is 8.89. The van der Waals surface area contributed by atoms with Gasteiger partial charge in [-0.1, -0.05) is 52.0 Å². The van der Waals surface area contributed by atoms with Gasteiger partial charge in [0, 0.05) is 29.4 Å². The summed E-state index contributed by atoms with van der Waals surface area (Å²) in [5.74, 6) is 0.581. The van der Waals surface area contributed by atoms with Gasteiger partial charge in [-0.3, -0.25) is 19.2 Å². The zero-order chi connectivity index (χ0) is 42.1. The minimum absolute atomic E-state index is 0.0216. The van der Waals surface area contributed by atoms with Crippen LogP contribution in [0.3, 0.4) is 0 Å². The fourth-order valence-corrected chi connectivity index (χ4v) is 5.84. The molecule has 0 unspecified atom stereocenters. The number of nitrogens with one attached hydrogen (secondary N) is 2. The lowest BCUT2D eigenvalue weighted by molar-refractivity contribution is -0.137. The van der Waals surface area contributed by atoms with E-state index in [9.17, 15) is 24.3 Å². The van der Waals surface area contributed by atoms with E-state index in [-0.39, 0.29) is 50.8 Å². The van der Waals surface area contributed by atoms with E-state index in [0.29, 0.717) is 57.9 Å². The number of esters is 1. The molecule has 2 aromatic carbocycles. The summed E-state index contributed by atoms with van der Waals surface area (Å²) in [5, 5.41) is 11.5. The first-order chi connectivity index (χ1) is 27.0. The van der Waals surface area contributed by atoms with Gasteiger partial charge >= 0.3 is 5.97 Å². The molecule has 0 fully saturated rings. The van der Waals surface area contributed by atoms with Crippen molar-refractivity contribution in [2.75, 3.05) is 13.2 Å². The number of aromatic nitrogens is 4. The Balaban J connectivity index is 0.000000224. The second kappa shape index (κ2) is 19.2. The van der Waals surface area contributed by atoms with Crippen LogP contribution < -0.4 is 25.3 Å². The molecule has 0 aliphatic heterocycles. The number of benzene rings is 2. The van der Waals surface area contributed by atoms with Gasteiger partial charge in [-0.05, 0) is 99.7 Å². The highest BCUT2D eigenvalue weighted by Crippen LogP contribution is 2.42. The normalized spacial score (nSPS) is 10.8. The average molecular weight is 797 g/mol. The number of carbonyl (C=O) groups excluding carboxylic acids is 2. The molecule has 0 aliphatic rings. The molecule has 0 aliphatic carbocycles. The number of pyridine rings is 4. The first-order valence-corrected chi connectivity index (χ1v) is 19.0. The van der Waals surface area contributed by atoms with E-state index in [0.717, 1.165) is 22.3 Å². The average Bonchev–Trinajstić information content (AvgIpc) is 3.16. The third-order valence-electron chi connectivity index (χ3n) is 8.83. The van der Waals surface area contributed by atoms with E-state index in [1.807, 2.05) is 65.8 Å². The lowest BCUT2D eigenvalue weighted by atomic mass is 9.96. The monoisotopic (exact) mass is 796 g/mol. The number of aromatic amines is 2. The van der Waals surface area contributed by atoms with Crippen molar-refractivity contribution in [3.8, 4) is 45.3 Å². The highest BCUT2D eigenvalue weighted by Gasteiger charge is 2.25. The molecule has 0 saturated heterocycles. The van der Waals surface area contributed by atoms with Crippen molar-refractivity contribution in [2.24, 2.45) is 11.8 Å². The van der Waals surface area contributed by atoms with Crippen molar-refractivity contribution in [3.05, 3.63) is 104 Å². The number of aromatic hydroxyl groups is 1. The molecular weight excluding hydrogens is 748 g/mol. The topological polar surface area (TPSA) is 174 Å². The van der Waals surface area contributed by atoms with Gasteiger partial charge < -0.3 is 29.3 Å². The van der Waals surface area contributed by atoms with E-state index in [4.69, 9.17) is 25.8 Å². The van der Waals surface area contributed by atoms with Gasteiger partial charge in [-0.2, -0.15) is 0 Å². The second-order valence-electron chi connectivity index (χ2n) is 13.8. The number of H-pyrrole nitrogens is 2. The molecule has 4 aromatic heterocycles. The predicted molar refractivity (Wildman–Crippen MR) is 225 cm³/mol. The third kappa shape index (κ3) is 9.87. The standard InChI is InChI=1S/C22H24N2O4.C18H18N2O3.C4H7ClO/c1-6-27-18-14(5)10-9-13(4)16(18)17-19(28-22(26)12(2)3)15-8-7-11-23-20(15)24-21(17)25;1-4-23-16-11(3)8-7-10(2)13(16)14-15(21)12-6-5-9-19-17(12)20-18(14)22;1-3(2)4(5)6/h7-12H,6H2,1-5H3,(H,23,24,25);5-9H,4H2,1-3H3,(H2,19,20,21,22);3H,1-2H3. The van der Waals surface area contributed by atoms with Crippen LogP contribution in [-0.4, -0.2) is 49.5 Å². The minimum atomic E-state index is -0.416. The maximum Gasteiger partial charge on any atom is 0.313 e. The molecule has 0 bridgehead atoms. The highest BCUT2D eigenvalue weighted by molar-refractivity contribution is 6.63. The molecule has 13 heteroatoms. The summed E-state index contributed by atoms with van der Waals surface area (Å²) in [7, 11) is 0. The Kier molecular flexibility index (Phi) is 14.7. The Morgan fingerprint density at radius 1 is 0.649 bits per heavy atom. The number of hydrogen-bond acceptors (Lipinski definition) is 10. The van der Waals surface area contributed by atoms with Crippen LogP contribution in [0.25, 0.3) is 44.3 Å². The van der Waals surface area contributed by atoms with Gasteiger partial charge in [-0.25, -0.2) is 9.97 Å². The number of fused-ring (bicyclic) bond motifs is 2. The SMILES string of the molecule is CC(C)C(=O)Cl.CCOc1c(C)ccc(C)c1-c1c(O)c2cccnc2[nH]c1=O.CCOc1c(C)ccc(C)c1-c1c(OC(=O)C(C)C)c2cccnc2[nH]c1=O. The molecule has 0 saturated carbocycles. The quantitative estimate of drug-likeness (QED) is 0.0947. The van der Waals surface area contributed by atoms with Crippen molar-refractivity contribution in [2.45, 2.75) is 69.2 Å². The summed E-state index contributed by atoms with van der Waals surface area (Å²) >= 11 is 4.97. The summed E-state index contributed by atoms with van der Waals surface area (Å²) in [6.45, 7) is 19.4. The molecule has 3 N–H and O–H groups in total. The minimum Gasteiger partial charge on any atom is -0.506 e. The molecule has 0 radical (unpaired) electrons. The number of aryl methyl sites for hydroxylation is 4. The lowest BCUT2D eigenvalue weighted by Crippen LogP contribution is -2.20. The first kappa shape index (κ1) is 43.7. The first-order valence-electron chi connectivity index (χ1n) is 18.6. The van der Waals surface area contributed by atoms with Crippen molar-refractivity contribution in [1.82, 2.24) is 19.9 Å². The largest absolute Gasteiger partial charge is 0.506 e. The molecule has 6 rings (SSSR count). The van der Waals surface area contributed by atoms with Gasteiger partial charge in [-0.15, -0.1) is 0 Å². The number of ether oxygens (including phenoxy) is 3. The van der Waals surface area contributed by atoms with Crippen molar-refractivity contribution >= 4 is 44.9 Å². The van der Waals surface area contributed by atoms with Gasteiger partial charge in [0.05, 0.1) is 41.0 Å². The number of halogens is 1. The van der Waals surface area contributed by atoms with Crippen molar-refractivity contribution < 1.29 is 28.9 Å². The summed E-state index contributed by atoms with van der Waals surface area (Å²) in [6.07, 6.45) is 3.15. The summed E-state index contributed by atoms with van der Waals surface area (Å²) in [5.41, 5.74) is 5.23. The van der Waals surface area contributed by atoms with Crippen LogP contribution in [-0.2, 0) is 9.59 Å². The van der Waals surface area contributed by atoms with Crippen LogP contribution >= 0.6 is 11.6 Å². The Morgan fingerprint density at radius 3 is 1.53 bits per heavy atom. The molecule has 57 heavy (non-hydrogen) atoms. The van der Waals surface area contributed by atoms with E-state index >= 15 is 0 Å². The Labute approximate surface area is 336 Å². The molecule has 0 atom stereocenters. The third-order valence-corrected chi connectivity index (χ3v) is 9.26. The molecule has 4 heterocycles. The zero-order valence-electron chi connectivity index (χ0n) is 33.9. The second-order valence-corrected chi connectivity index (χ2v) is 14.2.